The molecule has 0 aliphatic carbocycles. The van der Waals surface area contributed by atoms with Gasteiger partial charge in [-0.1, -0.05) is 66.2 Å². The maximum Gasteiger partial charge on any atom is 0.228 e. The second-order valence-electron chi connectivity index (χ2n) is 7.70. The van der Waals surface area contributed by atoms with Crippen LogP contribution in [0, 0.1) is 0 Å². The summed E-state index contributed by atoms with van der Waals surface area (Å²) in [5, 5.41) is 3.53. The van der Waals surface area contributed by atoms with Gasteiger partial charge in [0.15, 0.2) is 0 Å². The van der Waals surface area contributed by atoms with Crippen LogP contribution < -0.4 is 16.8 Å². The fourth-order valence-electron chi connectivity index (χ4n) is 3.52. The molecule has 1 amide bonds. The van der Waals surface area contributed by atoms with Crippen molar-refractivity contribution in [1.82, 2.24) is 9.97 Å². The number of nitrogens with zero attached hydrogens (tertiary/aromatic N) is 2. The van der Waals surface area contributed by atoms with Crippen molar-refractivity contribution in [3.05, 3.63) is 101 Å². The molecular formula is C26H24ClN5O2. The van der Waals surface area contributed by atoms with E-state index in [1.165, 1.54) is 0 Å². The smallest absolute Gasteiger partial charge is 0.228 e. The van der Waals surface area contributed by atoms with Crippen LogP contribution in [0.25, 0.3) is 11.1 Å². The van der Waals surface area contributed by atoms with Crippen LogP contribution in [-0.2, 0) is 29.2 Å². The first-order valence-corrected chi connectivity index (χ1v) is 11.0. The van der Waals surface area contributed by atoms with Crippen LogP contribution in [0.3, 0.4) is 0 Å². The number of nitrogens with one attached hydrogen (secondary N) is 1. The highest BCUT2D eigenvalue weighted by Crippen LogP contribution is 2.30. The van der Waals surface area contributed by atoms with Gasteiger partial charge in [-0.25, -0.2) is 4.98 Å². The SMILES string of the molecule is Nc1nc(N)c(-c2ccc(NC(=O)Cc3ccc(Cl)cc3)cc2)c(COCc2ccccc2)n1. The Labute approximate surface area is 202 Å². The van der Waals surface area contributed by atoms with Gasteiger partial charge in [0.2, 0.25) is 11.9 Å². The number of halogens is 1. The van der Waals surface area contributed by atoms with Crippen molar-refractivity contribution < 1.29 is 9.53 Å². The van der Waals surface area contributed by atoms with Gasteiger partial charge >= 0.3 is 0 Å². The first-order chi connectivity index (χ1) is 16.5. The van der Waals surface area contributed by atoms with Crippen molar-refractivity contribution >= 4 is 35.0 Å². The predicted molar refractivity (Wildman–Crippen MR) is 135 cm³/mol. The number of carbonyl (C=O) groups is 1. The van der Waals surface area contributed by atoms with Crippen molar-refractivity contribution in [2.24, 2.45) is 0 Å². The molecule has 7 nitrogen and oxygen atoms in total. The molecule has 0 aliphatic rings. The number of aromatic nitrogens is 2. The Hall–Kier alpha value is -3.94. The zero-order chi connectivity index (χ0) is 23.9. The molecule has 0 saturated carbocycles. The Bertz CT molecular complexity index is 1260. The van der Waals surface area contributed by atoms with Gasteiger partial charge in [0.1, 0.15) is 5.82 Å². The Morgan fingerprint density at radius 3 is 2.26 bits per heavy atom. The summed E-state index contributed by atoms with van der Waals surface area (Å²) >= 11 is 5.90. The number of benzene rings is 3. The van der Waals surface area contributed by atoms with Crippen LogP contribution in [0.15, 0.2) is 78.9 Å². The molecule has 3 aromatic carbocycles. The van der Waals surface area contributed by atoms with Crippen molar-refractivity contribution in [3.8, 4) is 11.1 Å². The number of anilines is 3. The second kappa shape index (κ2) is 10.8. The summed E-state index contributed by atoms with van der Waals surface area (Å²) in [6, 6.07) is 24.4. The third-order valence-corrected chi connectivity index (χ3v) is 5.37. The number of hydrogen-bond donors (Lipinski definition) is 3. The Morgan fingerprint density at radius 1 is 0.853 bits per heavy atom. The molecule has 0 unspecified atom stereocenters. The van der Waals surface area contributed by atoms with E-state index < -0.39 is 0 Å². The molecule has 0 atom stereocenters. The number of hydrogen-bond acceptors (Lipinski definition) is 6. The highest BCUT2D eigenvalue weighted by molar-refractivity contribution is 6.30. The third-order valence-electron chi connectivity index (χ3n) is 5.11. The maximum absolute atomic E-state index is 12.4. The normalized spacial score (nSPS) is 10.7. The standard InChI is InChI=1S/C26H24ClN5O2/c27-20-10-6-17(7-11-20)14-23(33)30-21-12-8-19(9-13-21)24-22(31-26(29)32-25(24)28)16-34-15-18-4-2-1-3-5-18/h1-13H,14-16H2,(H,30,33)(H4,28,29,31,32). The lowest BCUT2D eigenvalue weighted by atomic mass is 10.0. The summed E-state index contributed by atoms with van der Waals surface area (Å²) in [6.07, 6.45) is 0.251. The summed E-state index contributed by atoms with van der Waals surface area (Å²) in [6.45, 7) is 0.656. The number of amides is 1. The van der Waals surface area contributed by atoms with Gasteiger partial charge in [0, 0.05) is 16.3 Å². The zero-order valence-electron chi connectivity index (χ0n) is 18.4. The Kier molecular flexibility index (Phi) is 7.37. The summed E-state index contributed by atoms with van der Waals surface area (Å²) < 4.78 is 5.85. The molecule has 0 saturated heterocycles. The molecule has 0 bridgehead atoms. The van der Waals surface area contributed by atoms with E-state index in [2.05, 4.69) is 15.3 Å². The van der Waals surface area contributed by atoms with Gasteiger partial charge in [0.25, 0.3) is 0 Å². The molecule has 4 rings (SSSR count). The fraction of sp³-hybridized carbons (Fsp3) is 0.115. The van der Waals surface area contributed by atoms with Crippen molar-refractivity contribution in [1.29, 1.82) is 0 Å². The number of nitrogen functional groups attached to an aromatic ring is 2. The zero-order valence-corrected chi connectivity index (χ0v) is 19.1. The van der Waals surface area contributed by atoms with E-state index in [-0.39, 0.29) is 30.7 Å². The lowest BCUT2D eigenvalue weighted by Gasteiger charge is -2.13. The van der Waals surface area contributed by atoms with Crippen LogP contribution in [0.4, 0.5) is 17.5 Å². The van der Waals surface area contributed by atoms with Gasteiger partial charge in [0.05, 0.1) is 25.3 Å². The molecule has 5 N–H and O–H groups in total. The number of ether oxygens (including phenoxy) is 1. The molecular weight excluding hydrogens is 450 g/mol. The first kappa shape index (κ1) is 23.2. The quantitative estimate of drug-likeness (QED) is 0.336. The monoisotopic (exact) mass is 473 g/mol. The number of rotatable bonds is 8. The van der Waals surface area contributed by atoms with Crippen LogP contribution >= 0.6 is 11.6 Å². The van der Waals surface area contributed by atoms with E-state index in [9.17, 15) is 4.79 Å². The van der Waals surface area contributed by atoms with E-state index in [4.69, 9.17) is 27.8 Å². The van der Waals surface area contributed by atoms with E-state index in [0.717, 1.165) is 16.7 Å². The molecule has 4 aromatic rings. The molecule has 0 fully saturated rings. The molecule has 0 aliphatic heterocycles. The molecule has 0 spiro atoms. The summed E-state index contributed by atoms with van der Waals surface area (Å²) in [5.41, 5.74) is 16.7. The van der Waals surface area contributed by atoms with Gasteiger partial charge in [-0.2, -0.15) is 4.98 Å². The molecule has 1 heterocycles. The van der Waals surface area contributed by atoms with Crippen molar-refractivity contribution in [2.75, 3.05) is 16.8 Å². The topological polar surface area (TPSA) is 116 Å². The summed E-state index contributed by atoms with van der Waals surface area (Å²) in [5.74, 6) is 0.233. The predicted octanol–water partition coefficient (Wildman–Crippen LogP) is 4.86. The van der Waals surface area contributed by atoms with Crippen LogP contribution in [-0.4, -0.2) is 15.9 Å². The van der Waals surface area contributed by atoms with Gasteiger partial charge in [-0.05, 0) is 41.0 Å². The van der Waals surface area contributed by atoms with Crippen LogP contribution in [0.5, 0.6) is 0 Å². The van der Waals surface area contributed by atoms with Crippen molar-refractivity contribution in [2.45, 2.75) is 19.6 Å². The molecule has 8 heteroatoms. The lowest BCUT2D eigenvalue weighted by Crippen LogP contribution is -2.14. The highest BCUT2D eigenvalue weighted by atomic mass is 35.5. The highest BCUT2D eigenvalue weighted by Gasteiger charge is 2.14. The summed E-state index contributed by atoms with van der Waals surface area (Å²) in [4.78, 5) is 20.8. The second-order valence-corrected chi connectivity index (χ2v) is 8.13. The van der Waals surface area contributed by atoms with Crippen molar-refractivity contribution in [3.63, 3.8) is 0 Å². The van der Waals surface area contributed by atoms with Gasteiger partial charge in [-0.3, -0.25) is 4.79 Å². The first-order valence-electron chi connectivity index (χ1n) is 10.7. The number of carbonyl (C=O) groups excluding carboxylic acids is 1. The maximum atomic E-state index is 12.4. The molecule has 172 valence electrons. The minimum absolute atomic E-state index is 0.0886. The Balaban J connectivity index is 1.45. The summed E-state index contributed by atoms with van der Waals surface area (Å²) in [7, 11) is 0. The fourth-order valence-corrected chi connectivity index (χ4v) is 3.64. The van der Waals surface area contributed by atoms with Gasteiger partial charge < -0.3 is 21.5 Å². The van der Waals surface area contributed by atoms with E-state index >= 15 is 0 Å². The van der Waals surface area contributed by atoms with Gasteiger partial charge in [-0.15, -0.1) is 0 Å². The van der Waals surface area contributed by atoms with E-state index in [1.807, 2.05) is 54.6 Å². The average molecular weight is 474 g/mol. The molecule has 0 radical (unpaired) electrons. The Morgan fingerprint density at radius 2 is 1.56 bits per heavy atom. The molecule has 1 aromatic heterocycles. The van der Waals surface area contributed by atoms with Crippen LogP contribution in [0.1, 0.15) is 16.8 Å². The minimum atomic E-state index is -0.125. The number of nitrogens with two attached hydrogens (primary N) is 2. The van der Waals surface area contributed by atoms with E-state index in [0.29, 0.717) is 28.6 Å². The van der Waals surface area contributed by atoms with E-state index in [1.54, 1.807) is 24.3 Å². The third kappa shape index (κ3) is 6.10. The largest absolute Gasteiger partial charge is 0.383 e. The minimum Gasteiger partial charge on any atom is -0.383 e. The lowest BCUT2D eigenvalue weighted by molar-refractivity contribution is -0.115. The molecule has 34 heavy (non-hydrogen) atoms. The van der Waals surface area contributed by atoms with Crippen LogP contribution in [0.2, 0.25) is 5.02 Å². The average Bonchev–Trinajstić information content (AvgIpc) is 2.82.